The quantitative estimate of drug-likeness (QED) is 0.665. The lowest BCUT2D eigenvalue weighted by Crippen LogP contribution is -2.49. The van der Waals surface area contributed by atoms with Crippen LogP contribution >= 0.6 is 11.3 Å². The number of aromatic nitrogens is 2. The Morgan fingerprint density at radius 1 is 1.55 bits per heavy atom. The van der Waals surface area contributed by atoms with Gasteiger partial charge in [-0.25, -0.2) is 10.8 Å². The molecule has 0 radical (unpaired) electrons. The van der Waals surface area contributed by atoms with Crippen molar-refractivity contribution >= 4 is 33.3 Å². The number of morpholine rings is 1. The first-order chi connectivity index (χ1) is 9.72. The van der Waals surface area contributed by atoms with E-state index in [4.69, 9.17) is 10.6 Å². The van der Waals surface area contributed by atoms with Gasteiger partial charge in [0.25, 0.3) is 0 Å². The van der Waals surface area contributed by atoms with Crippen molar-refractivity contribution in [1.29, 1.82) is 0 Å². The van der Waals surface area contributed by atoms with Crippen LogP contribution in [0, 0.1) is 0 Å². The Balaban J connectivity index is 2.08. The third-order valence-corrected chi connectivity index (χ3v) is 4.45. The van der Waals surface area contributed by atoms with Crippen LogP contribution in [0.25, 0.3) is 10.2 Å². The molecule has 3 heterocycles. The molecular weight excluding hydrogens is 274 g/mol. The lowest BCUT2D eigenvalue weighted by Gasteiger charge is -2.39. The lowest BCUT2D eigenvalue weighted by atomic mass is 10.1. The van der Waals surface area contributed by atoms with E-state index in [9.17, 15) is 0 Å². The average molecular weight is 293 g/mol. The molecule has 0 aliphatic carbocycles. The van der Waals surface area contributed by atoms with Crippen molar-refractivity contribution in [2.24, 2.45) is 5.84 Å². The zero-order valence-electron chi connectivity index (χ0n) is 11.7. The summed E-state index contributed by atoms with van der Waals surface area (Å²) in [5.74, 6) is 6.90. The number of fused-ring (bicyclic) bond motifs is 1. The topological polar surface area (TPSA) is 76.3 Å². The number of hydrogen-bond acceptors (Lipinski definition) is 7. The maximum atomic E-state index is 5.76. The maximum absolute atomic E-state index is 5.76. The number of hydrazine groups is 1. The average Bonchev–Trinajstić information content (AvgIpc) is 2.94. The smallest absolute Gasteiger partial charge is 0.240 e. The Kier molecular flexibility index (Phi) is 3.73. The summed E-state index contributed by atoms with van der Waals surface area (Å²) in [6.45, 7) is 5.83. The van der Waals surface area contributed by atoms with Gasteiger partial charge in [0.2, 0.25) is 5.95 Å². The van der Waals surface area contributed by atoms with E-state index in [1.165, 1.54) is 0 Å². The Morgan fingerprint density at radius 2 is 2.40 bits per heavy atom. The Labute approximate surface area is 121 Å². The standard InChI is InChI=1S/C13H19N5OS/c1-3-9-7-19-8(2)6-18(9)11-10-4-5-20-12(10)16-13(15-11)17-14/h4-5,8-9H,3,6-7,14H2,1-2H3,(H,15,16,17). The molecule has 2 unspecified atom stereocenters. The predicted molar refractivity (Wildman–Crippen MR) is 82.1 cm³/mol. The van der Waals surface area contributed by atoms with Crippen molar-refractivity contribution in [3.63, 3.8) is 0 Å². The highest BCUT2D eigenvalue weighted by atomic mass is 32.1. The summed E-state index contributed by atoms with van der Waals surface area (Å²) in [4.78, 5) is 12.3. The molecule has 2 aromatic heterocycles. The number of nitrogens with one attached hydrogen (secondary N) is 1. The molecule has 2 aromatic rings. The summed E-state index contributed by atoms with van der Waals surface area (Å²) < 4.78 is 5.76. The molecule has 108 valence electrons. The zero-order chi connectivity index (χ0) is 14.1. The monoisotopic (exact) mass is 293 g/mol. The van der Waals surface area contributed by atoms with Crippen LogP contribution in [0.2, 0.25) is 0 Å². The van der Waals surface area contributed by atoms with E-state index in [2.05, 4.69) is 40.2 Å². The van der Waals surface area contributed by atoms with Crippen LogP contribution in [0.3, 0.4) is 0 Å². The maximum Gasteiger partial charge on any atom is 0.240 e. The molecular formula is C13H19N5OS. The SMILES string of the molecule is CCC1COC(C)CN1c1nc(NN)nc2sccc12. The highest BCUT2D eigenvalue weighted by molar-refractivity contribution is 7.16. The summed E-state index contributed by atoms with van der Waals surface area (Å²) in [5, 5.41) is 3.12. The van der Waals surface area contributed by atoms with Gasteiger partial charge in [0, 0.05) is 6.54 Å². The van der Waals surface area contributed by atoms with Crippen LogP contribution < -0.4 is 16.2 Å². The van der Waals surface area contributed by atoms with E-state index in [-0.39, 0.29) is 6.10 Å². The van der Waals surface area contributed by atoms with Gasteiger partial charge in [0.1, 0.15) is 10.6 Å². The fourth-order valence-corrected chi connectivity index (χ4v) is 3.32. The number of nitrogen functional groups attached to an aromatic ring is 1. The van der Waals surface area contributed by atoms with Gasteiger partial charge in [-0.3, -0.25) is 5.43 Å². The molecule has 1 aliphatic rings. The van der Waals surface area contributed by atoms with Gasteiger partial charge < -0.3 is 9.64 Å². The third-order valence-electron chi connectivity index (χ3n) is 3.65. The Hall–Kier alpha value is -1.44. The second-order valence-corrected chi connectivity index (χ2v) is 5.91. The first-order valence-corrected chi connectivity index (χ1v) is 7.71. The number of nitrogens with zero attached hydrogens (tertiary/aromatic N) is 3. The van der Waals surface area contributed by atoms with Crippen molar-refractivity contribution in [3.05, 3.63) is 11.4 Å². The molecule has 1 saturated heterocycles. The van der Waals surface area contributed by atoms with Crippen molar-refractivity contribution in [1.82, 2.24) is 9.97 Å². The number of ether oxygens (including phenoxy) is 1. The molecule has 0 amide bonds. The van der Waals surface area contributed by atoms with E-state index >= 15 is 0 Å². The number of thiophene rings is 1. The minimum Gasteiger partial charge on any atom is -0.375 e. The normalized spacial score (nSPS) is 23.2. The van der Waals surface area contributed by atoms with E-state index < -0.39 is 0 Å². The summed E-state index contributed by atoms with van der Waals surface area (Å²) >= 11 is 1.60. The van der Waals surface area contributed by atoms with Gasteiger partial charge in [0.15, 0.2) is 0 Å². The molecule has 0 spiro atoms. The number of hydrogen-bond donors (Lipinski definition) is 2. The molecule has 1 fully saturated rings. The van der Waals surface area contributed by atoms with Crippen LogP contribution in [0.15, 0.2) is 11.4 Å². The Morgan fingerprint density at radius 3 is 3.15 bits per heavy atom. The van der Waals surface area contributed by atoms with Crippen LogP contribution in [0.4, 0.5) is 11.8 Å². The van der Waals surface area contributed by atoms with Gasteiger partial charge in [-0.1, -0.05) is 6.92 Å². The van der Waals surface area contributed by atoms with Gasteiger partial charge in [0.05, 0.1) is 24.1 Å². The van der Waals surface area contributed by atoms with Crippen molar-refractivity contribution in [2.75, 3.05) is 23.5 Å². The lowest BCUT2D eigenvalue weighted by molar-refractivity contribution is 0.0297. The van der Waals surface area contributed by atoms with E-state index in [0.29, 0.717) is 12.0 Å². The molecule has 6 nitrogen and oxygen atoms in total. The van der Waals surface area contributed by atoms with Crippen LogP contribution in [-0.4, -0.2) is 35.3 Å². The minimum absolute atomic E-state index is 0.204. The van der Waals surface area contributed by atoms with E-state index in [1.54, 1.807) is 11.3 Å². The molecule has 0 aromatic carbocycles. The Bertz CT molecular complexity index is 601. The molecule has 3 N–H and O–H groups in total. The van der Waals surface area contributed by atoms with Crippen LogP contribution in [-0.2, 0) is 4.74 Å². The van der Waals surface area contributed by atoms with Gasteiger partial charge in [-0.2, -0.15) is 4.98 Å². The number of nitrogens with two attached hydrogens (primary N) is 1. The third kappa shape index (κ3) is 2.32. The van der Waals surface area contributed by atoms with Crippen molar-refractivity contribution in [3.8, 4) is 0 Å². The highest BCUT2D eigenvalue weighted by Crippen LogP contribution is 2.32. The largest absolute Gasteiger partial charge is 0.375 e. The van der Waals surface area contributed by atoms with E-state index in [0.717, 1.165) is 35.6 Å². The number of rotatable bonds is 3. The van der Waals surface area contributed by atoms with Crippen molar-refractivity contribution in [2.45, 2.75) is 32.4 Å². The van der Waals surface area contributed by atoms with E-state index in [1.807, 2.05) is 5.38 Å². The van der Waals surface area contributed by atoms with Crippen molar-refractivity contribution < 1.29 is 4.74 Å². The highest BCUT2D eigenvalue weighted by Gasteiger charge is 2.28. The summed E-state index contributed by atoms with van der Waals surface area (Å²) in [6, 6.07) is 2.41. The first kappa shape index (κ1) is 13.5. The minimum atomic E-state index is 0.204. The summed E-state index contributed by atoms with van der Waals surface area (Å²) in [6.07, 6.45) is 1.23. The van der Waals surface area contributed by atoms with Gasteiger partial charge in [-0.05, 0) is 24.8 Å². The second kappa shape index (κ2) is 5.51. The van der Waals surface area contributed by atoms with Gasteiger partial charge >= 0.3 is 0 Å². The molecule has 7 heteroatoms. The summed E-state index contributed by atoms with van der Waals surface area (Å²) in [7, 11) is 0. The molecule has 1 aliphatic heterocycles. The van der Waals surface area contributed by atoms with Crippen LogP contribution in [0.5, 0.6) is 0 Å². The van der Waals surface area contributed by atoms with Crippen LogP contribution in [0.1, 0.15) is 20.3 Å². The molecule has 2 atom stereocenters. The first-order valence-electron chi connectivity index (χ1n) is 6.83. The molecule has 0 saturated carbocycles. The number of anilines is 2. The molecule has 0 bridgehead atoms. The predicted octanol–water partition coefficient (Wildman–Crippen LogP) is 1.98. The van der Waals surface area contributed by atoms with Gasteiger partial charge in [-0.15, -0.1) is 11.3 Å². The zero-order valence-corrected chi connectivity index (χ0v) is 12.5. The second-order valence-electron chi connectivity index (χ2n) is 5.01. The summed E-state index contributed by atoms with van der Waals surface area (Å²) in [5.41, 5.74) is 2.56. The molecule has 20 heavy (non-hydrogen) atoms. The molecule has 3 rings (SSSR count). The fourth-order valence-electron chi connectivity index (χ4n) is 2.56. The fraction of sp³-hybridized carbons (Fsp3) is 0.538.